The molecule has 0 aliphatic carbocycles. The summed E-state index contributed by atoms with van der Waals surface area (Å²) >= 11 is 6.83. The van der Waals surface area contributed by atoms with Crippen LogP contribution in [0.3, 0.4) is 0 Å². The number of benzene rings is 2. The lowest BCUT2D eigenvalue weighted by Crippen LogP contribution is -1.98. The van der Waals surface area contributed by atoms with Crippen LogP contribution in [0.15, 0.2) is 60.5 Å². The lowest BCUT2D eigenvalue weighted by Gasteiger charge is -2.19. The van der Waals surface area contributed by atoms with Gasteiger partial charge in [-0.25, -0.2) is 4.79 Å². The molecule has 1 aliphatic rings. The Morgan fingerprint density at radius 3 is 2.67 bits per heavy atom. The maximum atomic E-state index is 11.0. The average molecular weight is 339 g/mol. The van der Waals surface area contributed by atoms with E-state index in [2.05, 4.69) is 15.9 Å². The molecule has 0 bridgehead atoms. The number of hydrogen-bond acceptors (Lipinski definition) is 3. The highest BCUT2D eigenvalue weighted by atomic mass is 79.9. The first-order chi connectivity index (χ1) is 8.65. The second-order valence-corrected chi connectivity index (χ2v) is 6.73. The summed E-state index contributed by atoms with van der Waals surface area (Å²) in [5, 5.41) is 9.00. The van der Waals surface area contributed by atoms with Crippen molar-refractivity contribution >= 4 is 45.4 Å². The van der Waals surface area contributed by atoms with Crippen molar-refractivity contribution < 1.29 is 9.90 Å². The average Bonchev–Trinajstić information content (AvgIpc) is 2.36. The molecule has 0 fully saturated rings. The van der Waals surface area contributed by atoms with Crippen molar-refractivity contribution in [1.29, 1.82) is 0 Å². The molecule has 0 amide bonds. The van der Waals surface area contributed by atoms with Crippen LogP contribution < -0.4 is 0 Å². The van der Waals surface area contributed by atoms with Gasteiger partial charge in [0.25, 0.3) is 0 Å². The Hall–Kier alpha value is -0.910. The number of halogens is 1. The molecule has 0 saturated heterocycles. The monoisotopic (exact) mass is 338 g/mol. The maximum Gasteiger partial charge on any atom is 0.335 e. The van der Waals surface area contributed by atoms with Crippen molar-refractivity contribution in [3.63, 3.8) is 0 Å². The first-order valence-corrected chi connectivity index (χ1v) is 7.59. The normalized spacial score (nSPS) is 12.7. The van der Waals surface area contributed by atoms with E-state index < -0.39 is 5.97 Å². The molecule has 0 saturated carbocycles. The summed E-state index contributed by atoms with van der Waals surface area (Å²) in [6.45, 7) is 0. The van der Waals surface area contributed by atoms with Crippen LogP contribution in [-0.2, 0) is 0 Å². The second-order valence-electron chi connectivity index (χ2n) is 3.74. The van der Waals surface area contributed by atoms with E-state index in [1.54, 1.807) is 35.7 Å². The van der Waals surface area contributed by atoms with Crippen LogP contribution >= 0.6 is 39.5 Å². The Kier molecular flexibility index (Phi) is 3.13. The molecule has 1 heterocycles. The van der Waals surface area contributed by atoms with E-state index >= 15 is 0 Å². The molecular formula is C13H7BrO2S2. The molecule has 0 aromatic heterocycles. The molecule has 0 atom stereocenters. The minimum atomic E-state index is -0.886. The number of carboxylic acids is 1. The van der Waals surface area contributed by atoms with E-state index in [1.165, 1.54) is 4.90 Å². The third kappa shape index (κ3) is 2.06. The smallest absolute Gasteiger partial charge is 0.335 e. The van der Waals surface area contributed by atoms with E-state index in [4.69, 9.17) is 5.11 Å². The molecule has 1 N–H and O–H groups in total. The number of rotatable bonds is 1. The highest BCUT2D eigenvalue weighted by Crippen LogP contribution is 2.50. The standard InChI is InChI=1S/C13H7BrO2S2/c14-8-2-1-3-10-12(8)18-9-5-4-7(13(15)16)6-11(9)17-10/h1-6H,(H,15,16). The van der Waals surface area contributed by atoms with E-state index in [9.17, 15) is 4.79 Å². The molecule has 5 heteroatoms. The zero-order chi connectivity index (χ0) is 12.7. The summed E-state index contributed by atoms with van der Waals surface area (Å²) in [5.41, 5.74) is 0.334. The number of carbonyl (C=O) groups is 1. The third-order valence-electron chi connectivity index (χ3n) is 2.55. The summed E-state index contributed by atoms with van der Waals surface area (Å²) in [6.07, 6.45) is 0. The SMILES string of the molecule is O=C(O)c1ccc2c(c1)Sc1cccc(Br)c1S2. The van der Waals surface area contributed by atoms with Crippen molar-refractivity contribution in [2.45, 2.75) is 19.6 Å². The number of carboxylic acid groups (broad SMARTS) is 1. The van der Waals surface area contributed by atoms with Crippen LogP contribution in [0, 0.1) is 0 Å². The maximum absolute atomic E-state index is 11.0. The predicted octanol–water partition coefficient (Wildman–Crippen LogP) is 4.76. The summed E-state index contributed by atoms with van der Waals surface area (Å²) in [7, 11) is 0. The van der Waals surface area contributed by atoms with E-state index in [0.29, 0.717) is 5.56 Å². The molecule has 0 unspecified atom stereocenters. The molecule has 18 heavy (non-hydrogen) atoms. The lowest BCUT2D eigenvalue weighted by atomic mass is 10.2. The van der Waals surface area contributed by atoms with E-state index in [0.717, 1.165) is 19.2 Å². The molecule has 90 valence electrons. The highest BCUT2D eigenvalue weighted by Gasteiger charge is 2.20. The zero-order valence-corrected chi connectivity index (χ0v) is 12.2. The molecule has 1 aliphatic heterocycles. The van der Waals surface area contributed by atoms with Gasteiger partial charge in [0.05, 0.1) is 5.56 Å². The minimum Gasteiger partial charge on any atom is -0.478 e. The van der Waals surface area contributed by atoms with Gasteiger partial charge in [-0.2, -0.15) is 0 Å². The molecule has 3 rings (SSSR count). The van der Waals surface area contributed by atoms with Crippen LogP contribution in [-0.4, -0.2) is 11.1 Å². The first kappa shape index (κ1) is 12.1. The quantitative estimate of drug-likeness (QED) is 0.693. The van der Waals surface area contributed by atoms with Gasteiger partial charge in [0.2, 0.25) is 0 Å². The molecule has 0 radical (unpaired) electrons. The van der Waals surface area contributed by atoms with Crippen molar-refractivity contribution in [1.82, 2.24) is 0 Å². The topological polar surface area (TPSA) is 37.3 Å². The van der Waals surface area contributed by atoms with Crippen LogP contribution in [0.1, 0.15) is 10.4 Å². The zero-order valence-electron chi connectivity index (χ0n) is 9.01. The van der Waals surface area contributed by atoms with Gasteiger partial charge in [0.15, 0.2) is 0 Å². The summed E-state index contributed by atoms with van der Waals surface area (Å²) < 4.78 is 1.07. The summed E-state index contributed by atoms with van der Waals surface area (Å²) in [6, 6.07) is 11.3. The Labute approximate surface area is 121 Å². The fraction of sp³-hybridized carbons (Fsp3) is 0. The Morgan fingerprint density at radius 2 is 1.89 bits per heavy atom. The molecule has 2 aromatic rings. The van der Waals surface area contributed by atoms with Gasteiger partial charge in [-0.3, -0.25) is 0 Å². The van der Waals surface area contributed by atoms with E-state index in [-0.39, 0.29) is 0 Å². The van der Waals surface area contributed by atoms with Gasteiger partial charge < -0.3 is 5.11 Å². The van der Waals surface area contributed by atoms with Crippen molar-refractivity contribution in [2.24, 2.45) is 0 Å². The van der Waals surface area contributed by atoms with Crippen molar-refractivity contribution in [3.8, 4) is 0 Å². The van der Waals surface area contributed by atoms with Gasteiger partial charge in [-0.05, 0) is 46.3 Å². The predicted molar refractivity (Wildman–Crippen MR) is 75.8 cm³/mol. The van der Waals surface area contributed by atoms with Gasteiger partial charge in [-0.15, -0.1) is 0 Å². The largest absolute Gasteiger partial charge is 0.478 e. The third-order valence-corrected chi connectivity index (χ3v) is 6.07. The Bertz CT molecular complexity index is 655. The van der Waals surface area contributed by atoms with E-state index in [1.807, 2.05) is 24.3 Å². The van der Waals surface area contributed by atoms with Gasteiger partial charge >= 0.3 is 5.97 Å². The number of hydrogen-bond donors (Lipinski definition) is 1. The highest BCUT2D eigenvalue weighted by molar-refractivity contribution is 9.10. The molecule has 2 aromatic carbocycles. The van der Waals surface area contributed by atoms with Crippen molar-refractivity contribution in [3.05, 3.63) is 46.4 Å². The van der Waals surface area contributed by atoms with Crippen LogP contribution in [0.4, 0.5) is 0 Å². The van der Waals surface area contributed by atoms with Crippen molar-refractivity contribution in [2.75, 3.05) is 0 Å². The summed E-state index contributed by atoms with van der Waals surface area (Å²) in [5.74, 6) is -0.886. The fourth-order valence-electron chi connectivity index (χ4n) is 1.70. The summed E-state index contributed by atoms with van der Waals surface area (Å²) in [4.78, 5) is 15.4. The molecule has 0 spiro atoms. The van der Waals surface area contributed by atoms with Crippen LogP contribution in [0.5, 0.6) is 0 Å². The first-order valence-electron chi connectivity index (χ1n) is 5.17. The minimum absolute atomic E-state index is 0.334. The van der Waals surface area contributed by atoms with Gasteiger partial charge in [-0.1, -0.05) is 29.6 Å². The lowest BCUT2D eigenvalue weighted by molar-refractivity contribution is 0.0696. The number of fused-ring (bicyclic) bond motifs is 2. The van der Waals surface area contributed by atoms with Crippen LogP contribution in [0.2, 0.25) is 0 Å². The Morgan fingerprint density at radius 1 is 1.06 bits per heavy atom. The second kappa shape index (κ2) is 4.64. The fourth-order valence-corrected chi connectivity index (χ4v) is 4.73. The van der Waals surface area contributed by atoms with Crippen LogP contribution in [0.25, 0.3) is 0 Å². The Balaban J connectivity index is 2.08. The molecular weight excluding hydrogens is 332 g/mol. The van der Waals surface area contributed by atoms with Gasteiger partial charge in [0, 0.05) is 24.1 Å². The van der Waals surface area contributed by atoms with Gasteiger partial charge in [0.1, 0.15) is 0 Å². The molecule has 2 nitrogen and oxygen atoms in total. The number of aromatic carboxylic acids is 1.